The van der Waals surface area contributed by atoms with Gasteiger partial charge in [-0.25, -0.2) is 4.79 Å². The summed E-state index contributed by atoms with van der Waals surface area (Å²) >= 11 is 0. The second kappa shape index (κ2) is 6.50. The highest BCUT2D eigenvalue weighted by molar-refractivity contribution is 7.54. The zero-order chi connectivity index (χ0) is 13.6. The molecule has 6 heteroatoms. The van der Waals surface area contributed by atoms with Crippen LogP contribution in [0.5, 0.6) is 0 Å². The van der Waals surface area contributed by atoms with Gasteiger partial charge in [-0.2, -0.15) is 0 Å². The summed E-state index contributed by atoms with van der Waals surface area (Å²) in [6, 6.07) is 8.92. The Morgan fingerprint density at radius 1 is 1.28 bits per heavy atom. The number of carbonyl (C=O) groups is 1. The average Bonchev–Trinajstić information content (AvgIpc) is 2.39. The molecule has 0 saturated heterocycles. The summed E-state index contributed by atoms with van der Waals surface area (Å²) in [7, 11) is -0.920. The van der Waals surface area contributed by atoms with Crippen LogP contribution in [0.15, 0.2) is 35.9 Å². The van der Waals surface area contributed by atoms with Crippen molar-refractivity contribution in [2.24, 2.45) is 0 Å². The van der Waals surface area contributed by atoms with Crippen molar-refractivity contribution < 1.29 is 23.5 Å². The van der Waals surface area contributed by atoms with Gasteiger partial charge in [-0.3, -0.25) is 4.57 Å². The molecule has 1 rings (SSSR count). The largest absolute Gasteiger partial charge is 0.478 e. The van der Waals surface area contributed by atoms with Gasteiger partial charge in [-0.1, -0.05) is 30.3 Å². The number of carboxylic acid groups (broad SMARTS) is 1. The SMILES string of the molecule is COP(=O)(C/C(=C\c1ccccc1)C(=O)O)OC. The fourth-order valence-corrected chi connectivity index (χ4v) is 2.39. The van der Waals surface area contributed by atoms with Crippen molar-refractivity contribution in [3.8, 4) is 0 Å². The Morgan fingerprint density at radius 3 is 2.28 bits per heavy atom. The van der Waals surface area contributed by atoms with Crippen LogP contribution in [0.3, 0.4) is 0 Å². The first kappa shape index (κ1) is 14.6. The molecular weight excluding hydrogens is 255 g/mol. The monoisotopic (exact) mass is 270 g/mol. The van der Waals surface area contributed by atoms with Gasteiger partial charge in [-0.05, 0) is 11.6 Å². The minimum atomic E-state index is -3.38. The maximum Gasteiger partial charge on any atom is 0.334 e. The van der Waals surface area contributed by atoms with E-state index in [1.54, 1.807) is 24.3 Å². The van der Waals surface area contributed by atoms with Gasteiger partial charge in [0.1, 0.15) is 0 Å². The Hall–Kier alpha value is -1.42. The van der Waals surface area contributed by atoms with Crippen molar-refractivity contribution in [2.75, 3.05) is 20.4 Å². The summed E-state index contributed by atoms with van der Waals surface area (Å²) in [6.07, 6.45) is 1.18. The molecule has 0 radical (unpaired) electrons. The number of hydrogen-bond donors (Lipinski definition) is 1. The number of hydrogen-bond acceptors (Lipinski definition) is 4. The Labute approximate surface area is 106 Å². The summed E-state index contributed by atoms with van der Waals surface area (Å²) in [4.78, 5) is 11.1. The second-order valence-corrected chi connectivity index (χ2v) is 5.79. The van der Waals surface area contributed by atoms with Crippen molar-refractivity contribution in [1.29, 1.82) is 0 Å². The highest BCUT2D eigenvalue weighted by Gasteiger charge is 2.26. The third kappa shape index (κ3) is 4.11. The lowest BCUT2D eigenvalue weighted by Crippen LogP contribution is -2.07. The fourth-order valence-electron chi connectivity index (χ4n) is 1.34. The number of carboxylic acids is 1. The zero-order valence-corrected chi connectivity index (χ0v) is 11.1. The number of aliphatic carboxylic acids is 1. The Morgan fingerprint density at radius 2 is 1.83 bits per heavy atom. The van der Waals surface area contributed by atoms with Gasteiger partial charge < -0.3 is 14.2 Å². The molecular formula is C12H15O5P. The van der Waals surface area contributed by atoms with E-state index in [-0.39, 0.29) is 11.7 Å². The van der Waals surface area contributed by atoms with Gasteiger partial charge in [0.15, 0.2) is 0 Å². The molecule has 0 amide bonds. The van der Waals surface area contributed by atoms with Crippen LogP contribution in [0.4, 0.5) is 0 Å². The molecule has 5 nitrogen and oxygen atoms in total. The van der Waals surface area contributed by atoms with Gasteiger partial charge in [0.25, 0.3) is 0 Å². The quantitative estimate of drug-likeness (QED) is 0.635. The number of benzene rings is 1. The van der Waals surface area contributed by atoms with Gasteiger partial charge >= 0.3 is 13.6 Å². The number of rotatable bonds is 6. The Bertz CT molecular complexity index is 473. The van der Waals surface area contributed by atoms with Crippen molar-refractivity contribution in [1.82, 2.24) is 0 Å². The second-order valence-electron chi connectivity index (χ2n) is 3.52. The van der Waals surface area contributed by atoms with E-state index in [0.29, 0.717) is 5.56 Å². The molecule has 0 aromatic heterocycles. The lowest BCUT2D eigenvalue weighted by molar-refractivity contribution is -0.132. The molecule has 0 bridgehead atoms. The predicted octanol–water partition coefficient (Wildman–Crippen LogP) is 2.64. The van der Waals surface area contributed by atoms with E-state index in [9.17, 15) is 9.36 Å². The summed E-state index contributed by atoms with van der Waals surface area (Å²) in [5, 5.41) is 9.09. The summed E-state index contributed by atoms with van der Waals surface area (Å²) in [5.41, 5.74) is 0.696. The van der Waals surface area contributed by atoms with Crippen LogP contribution in [0.2, 0.25) is 0 Å². The molecule has 18 heavy (non-hydrogen) atoms. The molecule has 0 aliphatic rings. The molecule has 1 aromatic carbocycles. The smallest absolute Gasteiger partial charge is 0.334 e. The minimum Gasteiger partial charge on any atom is -0.478 e. The van der Waals surface area contributed by atoms with Gasteiger partial charge in [0.05, 0.1) is 6.16 Å². The molecule has 0 fully saturated rings. The fraction of sp³-hybridized carbons (Fsp3) is 0.250. The third-order valence-electron chi connectivity index (χ3n) is 2.34. The first-order valence-electron chi connectivity index (χ1n) is 5.20. The topological polar surface area (TPSA) is 72.8 Å². The molecule has 0 spiro atoms. The average molecular weight is 270 g/mol. The van der Waals surface area contributed by atoms with Crippen LogP contribution in [-0.4, -0.2) is 31.5 Å². The van der Waals surface area contributed by atoms with E-state index in [1.807, 2.05) is 6.07 Å². The maximum atomic E-state index is 11.9. The summed E-state index contributed by atoms with van der Waals surface area (Å²) < 4.78 is 21.4. The molecule has 0 atom stereocenters. The van der Waals surface area contributed by atoms with Crippen LogP contribution >= 0.6 is 7.60 Å². The Balaban J connectivity index is 3.01. The van der Waals surface area contributed by atoms with Crippen molar-refractivity contribution >= 4 is 19.6 Å². The normalized spacial score (nSPS) is 12.4. The third-order valence-corrected chi connectivity index (χ3v) is 4.18. The Kier molecular flexibility index (Phi) is 5.28. The van der Waals surface area contributed by atoms with Crippen LogP contribution in [-0.2, 0) is 18.4 Å². The molecule has 0 saturated carbocycles. The van der Waals surface area contributed by atoms with E-state index in [1.165, 1.54) is 20.3 Å². The van der Waals surface area contributed by atoms with Gasteiger partial charge in [-0.15, -0.1) is 0 Å². The zero-order valence-electron chi connectivity index (χ0n) is 10.2. The molecule has 0 aliphatic carbocycles. The van der Waals surface area contributed by atoms with E-state index >= 15 is 0 Å². The van der Waals surface area contributed by atoms with Crippen LogP contribution in [0, 0.1) is 0 Å². The molecule has 0 unspecified atom stereocenters. The van der Waals surface area contributed by atoms with Crippen LogP contribution < -0.4 is 0 Å². The van der Waals surface area contributed by atoms with Crippen LogP contribution in [0.25, 0.3) is 6.08 Å². The van der Waals surface area contributed by atoms with Crippen molar-refractivity contribution in [3.63, 3.8) is 0 Å². The lowest BCUT2D eigenvalue weighted by Gasteiger charge is -2.13. The summed E-state index contributed by atoms with van der Waals surface area (Å²) in [5.74, 6) is -1.15. The molecule has 1 aromatic rings. The molecule has 98 valence electrons. The molecule has 0 aliphatic heterocycles. The summed E-state index contributed by atoms with van der Waals surface area (Å²) in [6.45, 7) is 0. The highest BCUT2D eigenvalue weighted by Crippen LogP contribution is 2.48. The van der Waals surface area contributed by atoms with Crippen molar-refractivity contribution in [3.05, 3.63) is 41.5 Å². The highest BCUT2D eigenvalue weighted by atomic mass is 31.2. The lowest BCUT2D eigenvalue weighted by atomic mass is 10.1. The van der Waals surface area contributed by atoms with Gasteiger partial charge in [0.2, 0.25) is 0 Å². The molecule has 1 N–H and O–H groups in total. The first-order valence-corrected chi connectivity index (χ1v) is 6.93. The molecule has 0 heterocycles. The maximum absolute atomic E-state index is 11.9. The predicted molar refractivity (Wildman–Crippen MR) is 68.5 cm³/mol. The van der Waals surface area contributed by atoms with E-state index < -0.39 is 13.6 Å². The van der Waals surface area contributed by atoms with E-state index in [2.05, 4.69) is 0 Å². The van der Waals surface area contributed by atoms with E-state index in [4.69, 9.17) is 14.2 Å². The van der Waals surface area contributed by atoms with Gasteiger partial charge in [0, 0.05) is 19.8 Å². The van der Waals surface area contributed by atoms with Crippen LogP contribution in [0.1, 0.15) is 5.56 Å². The minimum absolute atomic E-state index is 0.0202. The van der Waals surface area contributed by atoms with Crippen molar-refractivity contribution in [2.45, 2.75) is 0 Å². The standard InChI is InChI=1S/C12H15O5P/c1-16-18(15,17-2)9-11(12(13)14)8-10-6-4-3-5-7-10/h3-8H,9H2,1-2H3,(H,13,14)/b11-8+. The van der Waals surface area contributed by atoms with E-state index in [0.717, 1.165) is 0 Å². The first-order chi connectivity index (χ1) is 8.50.